The van der Waals surface area contributed by atoms with Crippen molar-refractivity contribution in [3.63, 3.8) is 0 Å². The van der Waals surface area contributed by atoms with Crippen LogP contribution in [0.1, 0.15) is 6.92 Å². The number of carbonyl (C=O) groups is 1. The summed E-state index contributed by atoms with van der Waals surface area (Å²) in [5, 5.41) is 10.7. The number of nitrogens with zero attached hydrogens (tertiary/aromatic N) is 2. The second-order valence-electron chi connectivity index (χ2n) is 2.81. The van der Waals surface area contributed by atoms with Gasteiger partial charge in [-0.3, -0.25) is 0 Å². The van der Waals surface area contributed by atoms with Gasteiger partial charge < -0.3 is 14.8 Å². The largest absolute Gasteiger partial charge is 0.498 e. The summed E-state index contributed by atoms with van der Waals surface area (Å²) in [6, 6.07) is 0. The van der Waals surface area contributed by atoms with Gasteiger partial charge in [0.05, 0.1) is 12.7 Å². The van der Waals surface area contributed by atoms with Crippen LogP contribution in [0.2, 0.25) is 0 Å². The van der Waals surface area contributed by atoms with Crippen LogP contribution in [0.25, 0.3) is 0 Å². The summed E-state index contributed by atoms with van der Waals surface area (Å²) in [4.78, 5) is 12.5. The van der Waals surface area contributed by atoms with Crippen LogP contribution in [-0.4, -0.2) is 35.7 Å². The highest BCUT2D eigenvalue weighted by atomic mass is 16.4. The van der Waals surface area contributed by atoms with Gasteiger partial charge in [-0.15, -0.1) is 0 Å². The maximum absolute atomic E-state index is 10.7. The molecule has 1 aliphatic heterocycles. The molecule has 4 nitrogen and oxygen atoms in total. The van der Waals surface area contributed by atoms with E-state index in [1.165, 1.54) is 0 Å². The Labute approximate surface area is 65.9 Å². The van der Waals surface area contributed by atoms with E-state index in [4.69, 9.17) is 0 Å². The highest BCUT2D eigenvalue weighted by Gasteiger charge is 2.31. The Kier molecular flexibility index (Phi) is 1.87. The first-order valence-corrected chi connectivity index (χ1v) is 3.58. The molecule has 4 heteroatoms. The minimum atomic E-state index is -1.03. The van der Waals surface area contributed by atoms with Gasteiger partial charge in [0.25, 0.3) is 6.09 Å². The van der Waals surface area contributed by atoms with Gasteiger partial charge in [0.15, 0.2) is 6.67 Å². The zero-order valence-electron chi connectivity index (χ0n) is 6.78. The molecular formula is C7H12N2O2. The van der Waals surface area contributed by atoms with E-state index < -0.39 is 6.09 Å². The fourth-order valence-electron chi connectivity index (χ4n) is 1.19. The van der Waals surface area contributed by atoms with E-state index >= 15 is 0 Å². The van der Waals surface area contributed by atoms with E-state index in [1.807, 2.05) is 18.9 Å². The van der Waals surface area contributed by atoms with Gasteiger partial charge >= 0.3 is 0 Å². The number of amides is 1. The fourth-order valence-corrected chi connectivity index (χ4v) is 1.19. The van der Waals surface area contributed by atoms with E-state index in [2.05, 4.69) is 0 Å². The van der Waals surface area contributed by atoms with Crippen molar-refractivity contribution in [1.29, 1.82) is 0 Å². The molecule has 0 aromatic heterocycles. The molecule has 0 aromatic rings. The average molecular weight is 156 g/mol. The van der Waals surface area contributed by atoms with E-state index in [0.29, 0.717) is 13.2 Å². The SMILES string of the molecule is CC[N+]1(C(=O)[O-])C=CN(C)C1. The Bertz CT molecular complexity index is 203. The molecule has 11 heavy (non-hydrogen) atoms. The summed E-state index contributed by atoms with van der Waals surface area (Å²) in [6.45, 7) is 2.83. The van der Waals surface area contributed by atoms with E-state index in [9.17, 15) is 9.90 Å². The van der Waals surface area contributed by atoms with Crippen molar-refractivity contribution in [2.75, 3.05) is 20.3 Å². The number of quaternary nitrogens is 1. The van der Waals surface area contributed by atoms with Crippen molar-refractivity contribution in [2.45, 2.75) is 6.92 Å². The molecule has 62 valence electrons. The predicted octanol–water partition coefficient (Wildman–Crippen LogP) is -0.460. The monoisotopic (exact) mass is 156 g/mol. The molecule has 0 radical (unpaired) electrons. The van der Waals surface area contributed by atoms with Gasteiger partial charge in [0, 0.05) is 7.05 Å². The van der Waals surface area contributed by atoms with Crippen LogP contribution >= 0.6 is 0 Å². The Hall–Kier alpha value is -1.03. The molecule has 1 aliphatic rings. The fraction of sp³-hybridized carbons (Fsp3) is 0.571. The molecule has 0 aliphatic carbocycles. The molecule has 1 atom stereocenters. The van der Waals surface area contributed by atoms with Crippen LogP contribution in [0.3, 0.4) is 0 Å². The number of carbonyl (C=O) groups excluding carboxylic acids is 1. The van der Waals surface area contributed by atoms with Gasteiger partial charge in [-0.05, 0) is 6.92 Å². The maximum atomic E-state index is 10.7. The Balaban J connectivity index is 2.80. The Morgan fingerprint density at radius 1 is 1.82 bits per heavy atom. The summed E-state index contributed by atoms with van der Waals surface area (Å²) in [5.74, 6) is 0. The zero-order valence-corrected chi connectivity index (χ0v) is 6.78. The van der Waals surface area contributed by atoms with Crippen molar-refractivity contribution < 1.29 is 14.4 Å². The van der Waals surface area contributed by atoms with Gasteiger partial charge in [-0.25, -0.2) is 4.48 Å². The predicted molar refractivity (Wildman–Crippen MR) is 38.0 cm³/mol. The topological polar surface area (TPSA) is 43.4 Å². The summed E-state index contributed by atoms with van der Waals surface area (Å²) < 4.78 is -0.0868. The standard InChI is InChI=1S/C7H12N2O2/c1-3-9(7(10)11)5-4-8(2)6-9/h4-5H,3,6H2,1-2H3. The van der Waals surface area contributed by atoms with Gasteiger partial charge in [-0.2, -0.15) is 0 Å². The van der Waals surface area contributed by atoms with E-state index in [0.717, 1.165) is 0 Å². The molecule has 0 spiro atoms. The van der Waals surface area contributed by atoms with Gasteiger partial charge in [0.1, 0.15) is 6.20 Å². The van der Waals surface area contributed by atoms with Crippen molar-refractivity contribution in [1.82, 2.24) is 4.90 Å². The molecule has 0 saturated carbocycles. The van der Waals surface area contributed by atoms with Crippen molar-refractivity contribution in [2.24, 2.45) is 0 Å². The summed E-state index contributed by atoms with van der Waals surface area (Å²) in [5.41, 5.74) is 0. The average Bonchev–Trinajstić information content (AvgIpc) is 2.33. The second kappa shape index (κ2) is 2.54. The molecule has 0 aromatic carbocycles. The summed E-state index contributed by atoms with van der Waals surface area (Å²) >= 11 is 0. The third kappa shape index (κ3) is 1.21. The first-order chi connectivity index (χ1) is 5.10. The highest BCUT2D eigenvalue weighted by molar-refractivity contribution is 5.55. The lowest BCUT2D eigenvalue weighted by molar-refractivity contribution is -0.827. The quantitative estimate of drug-likeness (QED) is 0.482. The molecule has 1 unspecified atom stereocenters. The van der Waals surface area contributed by atoms with Crippen LogP contribution in [0, 0.1) is 0 Å². The lowest BCUT2D eigenvalue weighted by Gasteiger charge is -2.29. The van der Waals surface area contributed by atoms with Crippen molar-refractivity contribution in [3.8, 4) is 0 Å². The lowest BCUT2D eigenvalue weighted by atomic mass is 10.5. The first kappa shape index (κ1) is 8.07. The molecule has 1 rings (SSSR count). The zero-order chi connectivity index (χ0) is 8.48. The third-order valence-electron chi connectivity index (χ3n) is 2.01. The molecular weight excluding hydrogens is 144 g/mol. The molecule has 0 fully saturated rings. The van der Waals surface area contributed by atoms with E-state index in [1.54, 1.807) is 12.4 Å². The normalized spacial score (nSPS) is 29.5. The van der Waals surface area contributed by atoms with Crippen LogP contribution in [-0.2, 0) is 0 Å². The van der Waals surface area contributed by atoms with Gasteiger partial charge in [0.2, 0.25) is 0 Å². The maximum Gasteiger partial charge on any atom is 0.263 e. The highest BCUT2D eigenvalue weighted by Crippen LogP contribution is 2.15. The summed E-state index contributed by atoms with van der Waals surface area (Å²) in [7, 11) is 1.84. The Morgan fingerprint density at radius 2 is 2.45 bits per heavy atom. The number of hydrogen-bond donors (Lipinski definition) is 0. The third-order valence-corrected chi connectivity index (χ3v) is 2.01. The van der Waals surface area contributed by atoms with Crippen LogP contribution < -0.4 is 5.11 Å². The molecule has 0 saturated heterocycles. The second-order valence-corrected chi connectivity index (χ2v) is 2.81. The minimum absolute atomic E-state index is 0.0868. The van der Waals surface area contributed by atoms with Crippen LogP contribution in [0.5, 0.6) is 0 Å². The number of rotatable bonds is 1. The molecule has 1 amide bonds. The summed E-state index contributed by atoms with van der Waals surface area (Å²) in [6.07, 6.45) is 2.38. The Morgan fingerprint density at radius 3 is 2.64 bits per heavy atom. The number of hydrogen-bond acceptors (Lipinski definition) is 3. The molecule has 0 N–H and O–H groups in total. The van der Waals surface area contributed by atoms with Crippen molar-refractivity contribution >= 4 is 6.09 Å². The van der Waals surface area contributed by atoms with Crippen molar-refractivity contribution in [3.05, 3.63) is 12.4 Å². The van der Waals surface area contributed by atoms with E-state index in [-0.39, 0.29) is 4.48 Å². The van der Waals surface area contributed by atoms with Gasteiger partial charge in [-0.1, -0.05) is 0 Å². The molecule has 0 bridgehead atoms. The molecule has 1 heterocycles. The minimum Gasteiger partial charge on any atom is -0.498 e. The lowest BCUT2D eigenvalue weighted by Crippen LogP contribution is -2.55. The smallest absolute Gasteiger partial charge is 0.263 e. The first-order valence-electron chi connectivity index (χ1n) is 3.58. The van der Waals surface area contributed by atoms with Crippen LogP contribution in [0.4, 0.5) is 4.79 Å². The van der Waals surface area contributed by atoms with Crippen LogP contribution in [0.15, 0.2) is 12.4 Å². The number of carboxylic acid groups (broad SMARTS) is 1.